The summed E-state index contributed by atoms with van der Waals surface area (Å²) in [5, 5.41) is 8.37. The van der Waals surface area contributed by atoms with Crippen molar-refractivity contribution in [1.29, 1.82) is 0 Å². The van der Waals surface area contributed by atoms with Crippen molar-refractivity contribution in [1.82, 2.24) is 14.9 Å². The third-order valence-corrected chi connectivity index (χ3v) is 5.74. The summed E-state index contributed by atoms with van der Waals surface area (Å²) in [6.45, 7) is 0.460. The Labute approximate surface area is 184 Å². The fourth-order valence-corrected chi connectivity index (χ4v) is 3.52. The lowest BCUT2D eigenvalue weighted by Gasteiger charge is -2.09. The molecule has 0 aliphatic heterocycles. The summed E-state index contributed by atoms with van der Waals surface area (Å²) in [5.41, 5.74) is 9.79. The van der Waals surface area contributed by atoms with Crippen molar-refractivity contribution in [3.63, 3.8) is 0 Å². The van der Waals surface area contributed by atoms with Crippen molar-refractivity contribution in [2.75, 3.05) is 12.8 Å². The van der Waals surface area contributed by atoms with Gasteiger partial charge in [0.2, 0.25) is 6.73 Å². The second-order valence-corrected chi connectivity index (χ2v) is 8.63. The van der Waals surface area contributed by atoms with Crippen molar-refractivity contribution < 1.29 is 27.6 Å². The molecule has 0 bridgehead atoms. The van der Waals surface area contributed by atoms with Gasteiger partial charge in [-0.15, -0.1) is 0 Å². The number of nitrogens with two attached hydrogens (primary N) is 1. The average Bonchev–Trinajstić information content (AvgIpc) is 3.47. The number of hydrogen-bond acceptors (Lipinski definition) is 7. The summed E-state index contributed by atoms with van der Waals surface area (Å²) in [6.07, 6.45) is 5.91. The molecule has 166 valence electrons. The molecule has 0 saturated carbocycles. The van der Waals surface area contributed by atoms with Gasteiger partial charge in [0.1, 0.15) is 5.56 Å². The van der Waals surface area contributed by atoms with E-state index in [9.17, 15) is 9.46 Å². The Kier molecular flexibility index (Phi) is 6.48. The van der Waals surface area contributed by atoms with E-state index in [0.29, 0.717) is 30.1 Å². The van der Waals surface area contributed by atoms with Crippen LogP contribution in [0.1, 0.15) is 16.8 Å². The quantitative estimate of drug-likeness (QED) is 0.291. The summed E-state index contributed by atoms with van der Waals surface area (Å²) < 4.78 is 29.7. The van der Waals surface area contributed by atoms with Crippen LogP contribution in [0, 0.1) is 0 Å². The Morgan fingerprint density at radius 3 is 2.72 bits per heavy atom. The van der Waals surface area contributed by atoms with Crippen LogP contribution in [-0.2, 0) is 33.3 Å². The number of nitrogen functional groups attached to an aromatic ring is 1. The number of phosphoric ester groups is 1. The Morgan fingerprint density at radius 2 is 2.00 bits per heavy atom. The summed E-state index contributed by atoms with van der Waals surface area (Å²) in [6, 6.07) is 15.5. The van der Waals surface area contributed by atoms with Gasteiger partial charge in [-0.2, -0.15) is 5.10 Å². The molecule has 32 heavy (non-hydrogen) atoms. The molecule has 1 atom stereocenters. The minimum absolute atomic E-state index is 0.257. The van der Waals surface area contributed by atoms with E-state index in [1.807, 2.05) is 23.0 Å². The lowest BCUT2D eigenvalue weighted by atomic mass is 10.1. The van der Waals surface area contributed by atoms with E-state index >= 15 is 0 Å². The van der Waals surface area contributed by atoms with Crippen molar-refractivity contribution in [2.24, 2.45) is 0 Å². The maximum absolute atomic E-state index is 11.5. The van der Waals surface area contributed by atoms with Gasteiger partial charge in [-0.25, -0.2) is 13.7 Å². The number of anilines is 1. The lowest BCUT2D eigenvalue weighted by molar-refractivity contribution is -0.711. The molecule has 1 unspecified atom stereocenters. The summed E-state index contributed by atoms with van der Waals surface area (Å²) in [4.78, 5) is 9.41. The maximum Gasteiger partial charge on any atom is 0.475 e. The first-order valence-electron chi connectivity index (χ1n) is 9.76. The fraction of sp³-hybridized carbons (Fsp3) is 0.190. The number of pyridine rings is 1. The number of aromatic nitrogens is 4. The highest BCUT2D eigenvalue weighted by Gasteiger charge is 2.22. The van der Waals surface area contributed by atoms with Gasteiger partial charge in [-0.1, -0.05) is 29.4 Å². The highest BCUT2D eigenvalue weighted by Crippen LogP contribution is 2.41. The molecule has 4 rings (SSSR count). The molecule has 3 heterocycles. The molecule has 3 N–H and O–H groups in total. The molecule has 0 saturated heterocycles. The van der Waals surface area contributed by atoms with Crippen LogP contribution in [0.4, 0.5) is 5.82 Å². The maximum atomic E-state index is 11.5. The van der Waals surface area contributed by atoms with E-state index in [0.717, 1.165) is 23.9 Å². The normalized spacial score (nSPS) is 13.2. The van der Waals surface area contributed by atoms with Crippen LogP contribution >= 0.6 is 7.82 Å². The van der Waals surface area contributed by atoms with Crippen LogP contribution in [0.25, 0.3) is 11.3 Å². The molecule has 1 aromatic carbocycles. The number of benzene rings is 1. The van der Waals surface area contributed by atoms with Crippen molar-refractivity contribution in [3.05, 3.63) is 83.9 Å². The highest BCUT2D eigenvalue weighted by molar-refractivity contribution is 7.47. The largest absolute Gasteiger partial charge is 0.475 e. The number of phosphoric acid groups is 1. The molecule has 0 aliphatic rings. The van der Waals surface area contributed by atoms with Crippen LogP contribution < -0.4 is 10.3 Å². The van der Waals surface area contributed by atoms with Crippen LogP contribution in [0.2, 0.25) is 0 Å². The summed E-state index contributed by atoms with van der Waals surface area (Å²) >= 11 is 0. The first kappa shape index (κ1) is 21.9. The van der Waals surface area contributed by atoms with Crippen molar-refractivity contribution in [3.8, 4) is 11.3 Å². The number of nitrogens with zero attached hydrogens (tertiary/aromatic N) is 4. The Bertz CT molecular complexity index is 1220. The molecule has 0 radical (unpaired) electrons. The summed E-state index contributed by atoms with van der Waals surface area (Å²) in [5.74, 6) is 0.787. The molecule has 4 aromatic rings. The molecule has 0 amide bonds. The van der Waals surface area contributed by atoms with Crippen LogP contribution in [0.5, 0.6) is 0 Å². The standard InChI is InChI=1S/C21H22N5O5P/c1-29-32(27,28)30-15-25-10-2-4-19(21(25)22)20-13-18(24-31-20)12-16-5-7-17(8-6-16)14-26-11-3-9-23-26/h2-11,13,22H,12,14-15H2,1H3,(H,27,28)/p+1. The van der Waals surface area contributed by atoms with E-state index in [4.69, 9.17) is 14.8 Å². The van der Waals surface area contributed by atoms with E-state index in [1.165, 1.54) is 4.57 Å². The monoisotopic (exact) mass is 456 g/mol. The minimum atomic E-state index is -4.12. The van der Waals surface area contributed by atoms with E-state index in [2.05, 4.69) is 39.0 Å². The van der Waals surface area contributed by atoms with E-state index in [-0.39, 0.29) is 6.73 Å². The second-order valence-electron chi connectivity index (χ2n) is 7.07. The molecule has 10 nitrogen and oxygen atoms in total. The van der Waals surface area contributed by atoms with Gasteiger partial charge in [-0.3, -0.25) is 14.9 Å². The van der Waals surface area contributed by atoms with Gasteiger partial charge in [0.25, 0.3) is 5.82 Å². The second kappa shape index (κ2) is 9.46. The zero-order chi connectivity index (χ0) is 22.6. The predicted octanol–water partition coefficient (Wildman–Crippen LogP) is 2.77. The zero-order valence-corrected chi connectivity index (χ0v) is 18.3. The minimum Gasteiger partial charge on any atom is -0.356 e. The third-order valence-electron chi connectivity index (χ3n) is 4.84. The molecular formula is C21H23N5O5P+. The van der Waals surface area contributed by atoms with Gasteiger partial charge in [-0.05, 0) is 29.3 Å². The Hall–Kier alpha value is -3.30. The van der Waals surface area contributed by atoms with Gasteiger partial charge < -0.3 is 9.42 Å². The highest BCUT2D eigenvalue weighted by atomic mass is 31.2. The number of hydrogen-bond donors (Lipinski definition) is 2. The van der Waals surface area contributed by atoms with Gasteiger partial charge in [0, 0.05) is 32.0 Å². The SMILES string of the molecule is COP(=O)(O)OC[n+]1cccc(-c2cc(Cc3ccc(Cn4cccn4)cc3)no2)c1N. The van der Waals surface area contributed by atoms with E-state index in [1.54, 1.807) is 24.5 Å². The zero-order valence-electron chi connectivity index (χ0n) is 17.4. The van der Waals surface area contributed by atoms with Gasteiger partial charge >= 0.3 is 7.82 Å². The first-order valence-corrected chi connectivity index (χ1v) is 11.3. The average molecular weight is 456 g/mol. The summed E-state index contributed by atoms with van der Waals surface area (Å²) in [7, 11) is -3.03. The molecule has 0 fully saturated rings. The molecule has 11 heteroatoms. The van der Waals surface area contributed by atoms with Gasteiger partial charge in [0.15, 0.2) is 5.76 Å². The molecule has 0 spiro atoms. The van der Waals surface area contributed by atoms with E-state index < -0.39 is 7.82 Å². The first-order chi connectivity index (χ1) is 15.4. The van der Waals surface area contributed by atoms with Gasteiger partial charge in [0.05, 0.1) is 18.4 Å². The Balaban J connectivity index is 1.44. The smallest absolute Gasteiger partial charge is 0.356 e. The predicted molar refractivity (Wildman–Crippen MR) is 115 cm³/mol. The molecular weight excluding hydrogens is 433 g/mol. The lowest BCUT2D eigenvalue weighted by Crippen LogP contribution is -2.38. The van der Waals surface area contributed by atoms with Crippen LogP contribution in [-0.4, -0.2) is 26.9 Å². The van der Waals surface area contributed by atoms with Crippen molar-refractivity contribution >= 4 is 13.6 Å². The number of rotatable bonds is 9. The topological polar surface area (TPSA) is 130 Å². The van der Waals surface area contributed by atoms with Crippen LogP contribution in [0.3, 0.4) is 0 Å². The third kappa shape index (κ3) is 5.30. The molecule has 3 aromatic heterocycles. The Morgan fingerprint density at radius 1 is 1.22 bits per heavy atom. The van der Waals surface area contributed by atoms with Crippen molar-refractivity contribution in [2.45, 2.75) is 19.7 Å². The van der Waals surface area contributed by atoms with Crippen LogP contribution in [0.15, 0.2) is 71.6 Å². The fourth-order valence-electron chi connectivity index (χ4n) is 3.15. The molecule has 0 aliphatic carbocycles.